The number of sulfonamides is 1. The molecule has 9 heteroatoms. The summed E-state index contributed by atoms with van der Waals surface area (Å²) in [6.45, 7) is 5.31. The maximum absolute atomic E-state index is 13.4. The van der Waals surface area contributed by atoms with Crippen LogP contribution in [-0.4, -0.2) is 31.8 Å². The van der Waals surface area contributed by atoms with Gasteiger partial charge in [0.25, 0.3) is 5.91 Å². The number of nitrogens with one attached hydrogen (secondary N) is 3. The lowest BCUT2D eigenvalue weighted by Crippen LogP contribution is -2.45. The van der Waals surface area contributed by atoms with Gasteiger partial charge in [0.1, 0.15) is 6.04 Å². The lowest BCUT2D eigenvalue weighted by atomic mass is 10.0. The number of amides is 2. The van der Waals surface area contributed by atoms with Gasteiger partial charge in [0.15, 0.2) is 5.76 Å². The Hall–Kier alpha value is -3.95. The highest BCUT2D eigenvalue weighted by atomic mass is 32.2. The zero-order chi connectivity index (χ0) is 26.6. The van der Waals surface area contributed by atoms with Crippen molar-refractivity contribution >= 4 is 38.3 Å². The summed E-state index contributed by atoms with van der Waals surface area (Å²) in [4.78, 5) is 26.2. The quantitative estimate of drug-likeness (QED) is 0.317. The number of rotatable bonds is 8. The van der Waals surface area contributed by atoms with E-state index in [1.54, 1.807) is 57.2 Å². The molecule has 1 atom stereocenters. The second-order valence-corrected chi connectivity index (χ2v) is 11.3. The molecule has 0 saturated heterocycles. The van der Waals surface area contributed by atoms with Gasteiger partial charge in [-0.25, -0.2) is 13.1 Å². The van der Waals surface area contributed by atoms with Gasteiger partial charge in [-0.2, -0.15) is 0 Å². The molecule has 0 bridgehead atoms. The van der Waals surface area contributed by atoms with Gasteiger partial charge in [-0.15, -0.1) is 0 Å². The average Bonchev–Trinajstić information content (AvgIpc) is 3.38. The fourth-order valence-electron chi connectivity index (χ4n) is 4.00. The van der Waals surface area contributed by atoms with Gasteiger partial charge in [-0.05, 0) is 50.6 Å². The lowest BCUT2D eigenvalue weighted by Gasteiger charge is -2.22. The molecule has 0 spiro atoms. The number of carbonyl (C=O) groups excluding carboxylic acids is 2. The molecule has 192 valence electrons. The number of furan rings is 1. The van der Waals surface area contributed by atoms with Gasteiger partial charge in [-0.1, -0.05) is 54.6 Å². The van der Waals surface area contributed by atoms with E-state index in [0.29, 0.717) is 16.5 Å². The Morgan fingerprint density at radius 1 is 0.865 bits per heavy atom. The van der Waals surface area contributed by atoms with Gasteiger partial charge in [0, 0.05) is 28.4 Å². The molecule has 3 N–H and O–H groups in total. The van der Waals surface area contributed by atoms with Gasteiger partial charge >= 0.3 is 0 Å². The molecule has 0 aliphatic heterocycles. The average molecular weight is 520 g/mol. The topological polar surface area (TPSA) is 118 Å². The van der Waals surface area contributed by atoms with Gasteiger partial charge in [0.2, 0.25) is 15.9 Å². The first-order valence-corrected chi connectivity index (χ1v) is 13.3. The van der Waals surface area contributed by atoms with Crippen LogP contribution in [0.2, 0.25) is 0 Å². The van der Waals surface area contributed by atoms with Crippen molar-refractivity contribution < 1.29 is 22.4 Å². The van der Waals surface area contributed by atoms with E-state index in [4.69, 9.17) is 4.42 Å². The van der Waals surface area contributed by atoms with Gasteiger partial charge in [0.05, 0.1) is 11.2 Å². The first-order valence-electron chi connectivity index (χ1n) is 11.8. The first kappa shape index (κ1) is 26.1. The van der Waals surface area contributed by atoms with E-state index in [-0.39, 0.29) is 17.1 Å². The maximum Gasteiger partial charge on any atom is 0.287 e. The minimum Gasteiger partial charge on any atom is -0.459 e. The van der Waals surface area contributed by atoms with Crippen LogP contribution in [0, 0.1) is 0 Å². The minimum atomic E-state index is -3.82. The van der Waals surface area contributed by atoms with E-state index in [1.165, 1.54) is 18.4 Å². The molecular formula is C28H29N3O5S. The molecule has 37 heavy (non-hydrogen) atoms. The number of hydrogen-bond acceptors (Lipinski definition) is 5. The largest absolute Gasteiger partial charge is 0.459 e. The second kappa shape index (κ2) is 10.6. The Morgan fingerprint density at radius 2 is 1.57 bits per heavy atom. The molecule has 8 nitrogen and oxygen atoms in total. The zero-order valence-electron chi connectivity index (χ0n) is 20.8. The van der Waals surface area contributed by atoms with E-state index < -0.39 is 33.4 Å². The van der Waals surface area contributed by atoms with E-state index in [2.05, 4.69) is 15.4 Å². The number of anilines is 1. The molecule has 4 rings (SSSR count). The van der Waals surface area contributed by atoms with Gasteiger partial charge < -0.3 is 15.1 Å². The Labute approximate surface area is 216 Å². The third-order valence-corrected chi connectivity index (χ3v) is 7.34. The summed E-state index contributed by atoms with van der Waals surface area (Å²) >= 11 is 0. The van der Waals surface area contributed by atoms with Crippen LogP contribution in [0.15, 0.2) is 94.4 Å². The van der Waals surface area contributed by atoms with Crippen LogP contribution in [0.3, 0.4) is 0 Å². The summed E-state index contributed by atoms with van der Waals surface area (Å²) in [5.41, 5.74) is 0.631. The Balaban J connectivity index is 1.65. The highest BCUT2D eigenvalue weighted by Gasteiger charge is 2.26. The van der Waals surface area contributed by atoms with Gasteiger partial charge in [-0.3, -0.25) is 9.59 Å². The van der Waals surface area contributed by atoms with Crippen LogP contribution >= 0.6 is 0 Å². The Morgan fingerprint density at radius 3 is 2.24 bits per heavy atom. The first-order chi connectivity index (χ1) is 17.5. The van der Waals surface area contributed by atoms with Crippen LogP contribution in [0.4, 0.5) is 5.69 Å². The number of fused-ring (bicyclic) bond motifs is 1. The van der Waals surface area contributed by atoms with E-state index in [0.717, 1.165) is 5.56 Å². The third kappa shape index (κ3) is 6.44. The summed E-state index contributed by atoms with van der Waals surface area (Å²) in [7, 11) is -3.82. The van der Waals surface area contributed by atoms with Crippen molar-refractivity contribution in [3.05, 3.63) is 96.4 Å². The Kier molecular flexibility index (Phi) is 7.47. The minimum absolute atomic E-state index is 0.0946. The van der Waals surface area contributed by atoms with Crippen molar-refractivity contribution in [2.75, 3.05) is 5.32 Å². The molecule has 0 unspecified atom stereocenters. The maximum atomic E-state index is 13.4. The number of hydrogen-bond donors (Lipinski definition) is 3. The molecule has 3 aromatic carbocycles. The van der Waals surface area contributed by atoms with Crippen LogP contribution in [0.1, 0.15) is 36.9 Å². The zero-order valence-corrected chi connectivity index (χ0v) is 21.6. The summed E-state index contributed by atoms with van der Waals surface area (Å²) in [6.07, 6.45) is 1.64. The predicted octanol–water partition coefficient (Wildman–Crippen LogP) is 4.49. The highest BCUT2D eigenvalue weighted by Crippen LogP contribution is 2.29. The summed E-state index contributed by atoms with van der Waals surface area (Å²) in [5, 5.41) is 6.66. The normalized spacial score (nSPS) is 12.7. The van der Waals surface area contributed by atoms with Crippen LogP contribution in [0.5, 0.6) is 0 Å². The van der Waals surface area contributed by atoms with Crippen molar-refractivity contribution in [2.24, 2.45) is 0 Å². The second-order valence-electron chi connectivity index (χ2n) is 9.69. The molecule has 0 fully saturated rings. The monoisotopic (exact) mass is 519 g/mol. The molecule has 0 aliphatic carbocycles. The smallest absolute Gasteiger partial charge is 0.287 e. The summed E-state index contributed by atoms with van der Waals surface area (Å²) in [5.74, 6) is -0.866. The van der Waals surface area contributed by atoms with Crippen molar-refractivity contribution in [1.29, 1.82) is 0 Å². The summed E-state index contributed by atoms with van der Waals surface area (Å²) in [6, 6.07) is 21.5. The van der Waals surface area contributed by atoms with Crippen molar-refractivity contribution in [3.63, 3.8) is 0 Å². The number of benzene rings is 3. The fourth-order valence-corrected chi connectivity index (χ4v) is 5.64. The molecule has 1 aromatic heterocycles. The van der Waals surface area contributed by atoms with Crippen LogP contribution < -0.4 is 15.4 Å². The highest BCUT2D eigenvalue weighted by molar-refractivity contribution is 7.89. The number of carbonyl (C=O) groups is 2. The van der Waals surface area contributed by atoms with Crippen molar-refractivity contribution in [2.45, 2.75) is 43.7 Å². The Bertz CT molecular complexity index is 1510. The van der Waals surface area contributed by atoms with Crippen LogP contribution in [0.25, 0.3) is 10.8 Å². The molecule has 4 aromatic rings. The lowest BCUT2D eigenvalue weighted by molar-refractivity contribution is -0.118. The molecular weight excluding hydrogens is 490 g/mol. The fraction of sp³-hybridized carbons (Fsp3) is 0.214. The van der Waals surface area contributed by atoms with Crippen molar-refractivity contribution in [3.8, 4) is 0 Å². The predicted molar refractivity (Wildman–Crippen MR) is 143 cm³/mol. The SMILES string of the molecule is CC(C)(C)NS(=O)(=O)c1cccc2c(NC(=O)[C@H](Cc3ccccc3)NC(=O)c3ccco3)cccc12. The van der Waals surface area contributed by atoms with Crippen molar-refractivity contribution in [1.82, 2.24) is 10.0 Å². The molecule has 0 aliphatic rings. The third-order valence-electron chi connectivity index (χ3n) is 5.52. The molecule has 2 amide bonds. The standard InChI is InChI=1S/C28H29N3O5S/c1-28(2,3)31-37(34,35)25-16-8-12-20-21(25)13-7-14-22(20)29-26(32)23(18-19-10-5-4-6-11-19)30-27(33)24-15-9-17-36-24/h4-17,23,31H,18H2,1-3H3,(H,29,32)(H,30,33)/t23-/m0/s1. The van der Waals surface area contributed by atoms with E-state index >= 15 is 0 Å². The van der Waals surface area contributed by atoms with E-state index in [9.17, 15) is 18.0 Å². The van der Waals surface area contributed by atoms with E-state index in [1.807, 2.05) is 30.3 Å². The molecule has 0 radical (unpaired) electrons. The summed E-state index contributed by atoms with van der Waals surface area (Å²) < 4.78 is 34.0. The van der Waals surface area contributed by atoms with Crippen LogP contribution in [-0.2, 0) is 21.2 Å². The molecule has 1 heterocycles. The molecule has 0 saturated carbocycles.